The zero-order valence-electron chi connectivity index (χ0n) is 10.5. The lowest BCUT2D eigenvalue weighted by molar-refractivity contribution is -0.154. The highest BCUT2D eigenvalue weighted by Gasteiger charge is 2.49. The van der Waals surface area contributed by atoms with Gasteiger partial charge in [0.05, 0.1) is 6.10 Å². The van der Waals surface area contributed by atoms with Crippen molar-refractivity contribution >= 4 is 11.8 Å². The molecule has 0 amide bonds. The van der Waals surface area contributed by atoms with E-state index in [9.17, 15) is 9.59 Å². The number of ether oxygens (including phenoxy) is 2. The van der Waals surface area contributed by atoms with Crippen LogP contribution in [-0.2, 0) is 19.1 Å². The minimum absolute atomic E-state index is 0.0931. The average molecular weight is 238 g/mol. The molecule has 0 aromatic heterocycles. The topological polar surface area (TPSA) is 52.6 Å². The van der Waals surface area contributed by atoms with Crippen molar-refractivity contribution in [3.63, 3.8) is 0 Å². The van der Waals surface area contributed by atoms with Crippen molar-refractivity contribution in [3.8, 4) is 0 Å². The average Bonchev–Trinajstić information content (AvgIpc) is 2.54. The van der Waals surface area contributed by atoms with Gasteiger partial charge in [0.1, 0.15) is 0 Å². The van der Waals surface area contributed by atoms with Crippen LogP contribution in [0.25, 0.3) is 0 Å². The number of carbonyl (C=O) groups excluding carboxylic acids is 2. The van der Waals surface area contributed by atoms with Crippen LogP contribution in [0.15, 0.2) is 11.6 Å². The Morgan fingerprint density at radius 2 is 2.24 bits per heavy atom. The molecule has 17 heavy (non-hydrogen) atoms. The van der Waals surface area contributed by atoms with E-state index in [2.05, 4.69) is 6.92 Å². The van der Waals surface area contributed by atoms with Crippen LogP contribution in [0.3, 0.4) is 0 Å². The summed E-state index contributed by atoms with van der Waals surface area (Å²) in [5.41, 5.74) is 0.973. The Morgan fingerprint density at radius 1 is 1.53 bits per heavy atom. The first-order chi connectivity index (χ1) is 7.97. The maximum Gasteiger partial charge on any atom is 0.303 e. The summed E-state index contributed by atoms with van der Waals surface area (Å²) >= 11 is 0. The third kappa shape index (κ3) is 2.02. The lowest BCUT2D eigenvalue weighted by Gasteiger charge is -2.37. The van der Waals surface area contributed by atoms with Crippen LogP contribution in [0.2, 0.25) is 0 Å². The minimum atomic E-state index is -0.642. The standard InChI is InChI=1S/C13H18O4/c1-8(14)17-11-7-13(2)9(6-10(11)15)4-5-12(13)16-3/h6,11-12H,4-5,7H2,1-3H3/t11-,12-,13-/m0/s1. The normalized spacial score (nSPS) is 36.4. The molecule has 0 saturated heterocycles. The molecule has 0 aromatic carbocycles. The minimum Gasteiger partial charge on any atom is -0.454 e. The van der Waals surface area contributed by atoms with Gasteiger partial charge in [-0.25, -0.2) is 0 Å². The highest BCUT2D eigenvalue weighted by molar-refractivity contribution is 5.96. The van der Waals surface area contributed by atoms with E-state index >= 15 is 0 Å². The van der Waals surface area contributed by atoms with Crippen LogP contribution in [-0.4, -0.2) is 31.1 Å². The van der Waals surface area contributed by atoms with Crippen molar-refractivity contribution in [1.82, 2.24) is 0 Å². The second kappa shape index (κ2) is 4.26. The molecule has 0 spiro atoms. The molecule has 4 heteroatoms. The van der Waals surface area contributed by atoms with Gasteiger partial charge in [-0.05, 0) is 18.9 Å². The van der Waals surface area contributed by atoms with E-state index in [1.807, 2.05) is 0 Å². The second-order valence-corrected chi connectivity index (χ2v) is 5.05. The van der Waals surface area contributed by atoms with Crippen molar-refractivity contribution in [2.45, 2.75) is 45.3 Å². The lowest BCUT2D eigenvalue weighted by atomic mass is 9.73. The summed E-state index contributed by atoms with van der Waals surface area (Å²) in [4.78, 5) is 22.8. The molecule has 94 valence electrons. The number of methoxy groups -OCH3 is 1. The van der Waals surface area contributed by atoms with E-state index in [4.69, 9.17) is 9.47 Å². The van der Waals surface area contributed by atoms with Crippen LogP contribution < -0.4 is 0 Å². The number of hydrogen-bond donors (Lipinski definition) is 0. The summed E-state index contributed by atoms with van der Waals surface area (Å²) in [6.07, 6.45) is 3.48. The Bertz CT molecular complexity index is 385. The SMILES string of the molecule is CO[C@H]1CCC2=CC(=O)[C@@H](OC(C)=O)C[C@@]21C. The van der Waals surface area contributed by atoms with Gasteiger partial charge in [-0.2, -0.15) is 0 Å². The molecule has 2 aliphatic rings. The van der Waals surface area contributed by atoms with E-state index in [1.165, 1.54) is 6.92 Å². The molecular formula is C13H18O4. The molecule has 4 nitrogen and oxygen atoms in total. The first kappa shape index (κ1) is 12.3. The number of fused-ring (bicyclic) bond motifs is 1. The van der Waals surface area contributed by atoms with Gasteiger partial charge in [0.25, 0.3) is 0 Å². The zero-order chi connectivity index (χ0) is 12.6. The van der Waals surface area contributed by atoms with Crippen LogP contribution in [0.1, 0.15) is 33.1 Å². The van der Waals surface area contributed by atoms with Crippen molar-refractivity contribution in [2.75, 3.05) is 7.11 Å². The van der Waals surface area contributed by atoms with Crippen LogP contribution >= 0.6 is 0 Å². The number of ketones is 1. The molecule has 0 bridgehead atoms. The fourth-order valence-electron chi connectivity index (χ4n) is 3.03. The maximum atomic E-state index is 11.8. The Morgan fingerprint density at radius 3 is 2.82 bits per heavy atom. The van der Waals surface area contributed by atoms with Gasteiger partial charge in [0, 0.05) is 25.9 Å². The van der Waals surface area contributed by atoms with Crippen molar-refractivity contribution in [2.24, 2.45) is 5.41 Å². The highest BCUT2D eigenvalue weighted by atomic mass is 16.5. The summed E-state index contributed by atoms with van der Waals surface area (Å²) in [5.74, 6) is -0.500. The molecule has 1 fully saturated rings. The van der Waals surface area contributed by atoms with E-state index in [0.717, 1.165) is 18.4 Å². The van der Waals surface area contributed by atoms with Gasteiger partial charge in [-0.1, -0.05) is 12.5 Å². The van der Waals surface area contributed by atoms with Gasteiger partial charge in [0.15, 0.2) is 11.9 Å². The summed E-state index contributed by atoms with van der Waals surface area (Å²) < 4.78 is 10.6. The first-order valence-corrected chi connectivity index (χ1v) is 5.92. The Hall–Kier alpha value is -1.16. The third-order valence-corrected chi connectivity index (χ3v) is 3.96. The van der Waals surface area contributed by atoms with Gasteiger partial charge in [-0.15, -0.1) is 0 Å². The van der Waals surface area contributed by atoms with Crippen molar-refractivity contribution < 1.29 is 19.1 Å². The van der Waals surface area contributed by atoms with E-state index < -0.39 is 12.1 Å². The molecule has 0 radical (unpaired) electrons. The molecule has 3 atom stereocenters. The summed E-state index contributed by atoms with van der Waals surface area (Å²) in [6, 6.07) is 0. The number of carbonyl (C=O) groups is 2. The number of esters is 1. The summed E-state index contributed by atoms with van der Waals surface area (Å²) in [6.45, 7) is 3.42. The molecule has 2 aliphatic carbocycles. The fourth-order valence-corrected chi connectivity index (χ4v) is 3.03. The number of rotatable bonds is 2. The largest absolute Gasteiger partial charge is 0.454 e. The first-order valence-electron chi connectivity index (χ1n) is 5.92. The lowest BCUT2D eigenvalue weighted by Crippen LogP contribution is -2.41. The van der Waals surface area contributed by atoms with Crippen LogP contribution in [0, 0.1) is 5.41 Å². The predicted molar refractivity (Wildman–Crippen MR) is 61.4 cm³/mol. The van der Waals surface area contributed by atoms with Gasteiger partial charge in [-0.3, -0.25) is 9.59 Å². The van der Waals surface area contributed by atoms with Gasteiger partial charge < -0.3 is 9.47 Å². The zero-order valence-corrected chi connectivity index (χ0v) is 10.5. The monoisotopic (exact) mass is 238 g/mol. The Kier molecular flexibility index (Phi) is 3.08. The molecule has 0 aliphatic heterocycles. The second-order valence-electron chi connectivity index (χ2n) is 5.05. The molecule has 2 rings (SSSR count). The van der Waals surface area contributed by atoms with E-state index in [0.29, 0.717) is 6.42 Å². The summed E-state index contributed by atoms with van der Waals surface area (Å²) in [5, 5.41) is 0. The van der Waals surface area contributed by atoms with Crippen molar-refractivity contribution in [3.05, 3.63) is 11.6 Å². The molecular weight excluding hydrogens is 220 g/mol. The van der Waals surface area contributed by atoms with Crippen molar-refractivity contribution in [1.29, 1.82) is 0 Å². The Labute approximate surface area is 101 Å². The van der Waals surface area contributed by atoms with E-state index in [1.54, 1.807) is 13.2 Å². The highest BCUT2D eigenvalue weighted by Crippen LogP contribution is 2.50. The van der Waals surface area contributed by atoms with E-state index in [-0.39, 0.29) is 17.3 Å². The predicted octanol–water partition coefficient (Wildman–Crippen LogP) is 1.63. The van der Waals surface area contributed by atoms with Gasteiger partial charge >= 0.3 is 5.97 Å². The summed E-state index contributed by atoms with van der Waals surface area (Å²) in [7, 11) is 1.69. The maximum absolute atomic E-state index is 11.8. The molecule has 0 unspecified atom stereocenters. The number of hydrogen-bond acceptors (Lipinski definition) is 4. The smallest absolute Gasteiger partial charge is 0.303 e. The molecule has 1 saturated carbocycles. The van der Waals surface area contributed by atoms with Crippen LogP contribution in [0.5, 0.6) is 0 Å². The molecule has 0 N–H and O–H groups in total. The quantitative estimate of drug-likeness (QED) is 0.686. The third-order valence-electron chi connectivity index (χ3n) is 3.96. The fraction of sp³-hybridized carbons (Fsp3) is 0.692. The van der Waals surface area contributed by atoms with Crippen LogP contribution in [0.4, 0.5) is 0 Å². The molecule has 0 aromatic rings. The molecule has 0 heterocycles. The Balaban J connectivity index is 2.25. The van der Waals surface area contributed by atoms with Gasteiger partial charge in [0.2, 0.25) is 0 Å².